The van der Waals surface area contributed by atoms with Gasteiger partial charge in [-0.3, -0.25) is 0 Å². The summed E-state index contributed by atoms with van der Waals surface area (Å²) in [5.74, 6) is -0.205. The molecule has 3 saturated heterocycles. The number of methoxy groups -OCH3 is 2. The first-order valence-electron chi connectivity index (χ1n) is 18.8. The smallest absolute Gasteiger partial charge is 0.187 e. The van der Waals surface area contributed by atoms with Crippen LogP contribution >= 0.6 is 0 Å². The van der Waals surface area contributed by atoms with Crippen molar-refractivity contribution in [3.63, 3.8) is 0 Å². The molecule has 1 spiro atoms. The molecule has 3 unspecified atom stereocenters. The Morgan fingerprint density at radius 3 is 2.31 bits per heavy atom. The van der Waals surface area contributed by atoms with Crippen molar-refractivity contribution < 1.29 is 62.7 Å². The van der Waals surface area contributed by atoms with Crippen molar-refractivity contribution in [3.05, 3.63) is 0 Å². The number of fused-ring (bicyclic) bond motifs is 4. The number of hydrogen-bond donors (Lipinski definition) is 3. The molecule has 16 atom stereocenters. The molecule has 51 heavy (non-hydrogen) atoms. The van der Waals surface area contributed by atoms with Gasteiger partial charge in [-0.05, 0) is 72.6 Å². The van der Waals surface area contributed by atoms with Gasteiger partial charge in [0.15, 0.2) is 17.9 Å². The van der Waals surface area contributed by atoms with E-state index in [2.05, 4.69) is 5.92 Å². The fourth-order valence-electron chi connectivity index (χ4n) is 11.9. The Hall–Kier alpha value is -0.960. The third kappa shape index (κ3) is 5.95. The molecule has 7 aliphatic rings. The summed E-state index contributed by atoms with van der Waals surface area (Å²) in [7, 11) is 3.15. The summed E-state index contributed by atoms with van der Waals surface area (Å²) < 4.78 is 62.5. The van der Waals surface area contributed by atoms with Gasteiger partial charge in [-0.1, -0.05) is 12.8 Å². The van der Waals surface area contributed by atoms with Gasteiger partial charge in [0, 0.05) is 44.3 Å². The van der Waals surface area contributed by atoms with E-state index in [9.17, 15) is 15.3 Å². The lowest BCUT2D eigenvalue weighted by Crippen LogP contribution is -2.78. The molecule has 0 aromatic rings. The van der Waals surface area contributed by atoms with E-state index in [1.54, 1.807) is 14.2 Å². The molecule has 3 aliphatic heterocycles. The molecule has 0 aromatic heterocycles. The van der Waals surface area contributed by atoms with E-state index >= 15 is 0 Å². The van der Waals surface area contributed by atoms with Crippen LogP contribution < -0.4 is 0 Å². The van der Waals surface area contributed by atoms with Crippen molar-refractivity contribution in [1.29, 1.82) is 0 Å². The van der Waals surface area contributed by atoms with Crippen LogP contribution in [-0.2, 0) is 47.4 Å². The molecule has 0 aromatic carbocycles. The van der Waals surface area contributed by atoms with E-state index in [4.69, 9.17) is 53.8 Å². The number of aliphatic hydroxyl groups excluding tert-OH is 1. The summed E-state index contributed by atoms with van der Waals surface area (Å²) in [6.07, 6.45) is 3.90. The standard InChI is InChI=1S/C38H60O13/c1-10-25(39)23-12-14-38(41)24-11-13-36(40)16-22(48-32-31-30(50-34(5,6)51-31)29(21(2)47-32)45-20-43-9)15-27-37(36,18-46-33(3,4)49-27)28(24)26(44-19-42-8)17-35(23,38)7/h1,21-32,39-41H,11-20H2,2-9H3/t21-,22-,23+,24?,25?,26-,27+,28?,29-,30+,31+,32-,35+,36-,37+,38-/m0/s1. The molecule has 13 nitrogen and oxygen atoms in total. The second kappa shape index (κ2) is 13.4. The van der Waals surface area contributed by atoms with Crippen LogP contribution in [0.2, 0.25) is 0 Å². The number of rotatable bonds is 9. The Morgan fingerprint density at radius 1 is 0.902 bits per heavy atom. The third-order valence-electron chi connectivity index (χ3n) is 14.0. The van der Waals surface area contributed by atoms with E-state index in [1.807, 2.05) is 41.5 Å². The van der Waals surface area contributed by atoms with E-state index in [0.29, 0.717) is 44.9 Å². The van der Waals surface area contributed by atoms with Crippen molar-refractivity contribution in [1.82, 2.24) is 0 Å². The highest BCUT2D eigenvalue weighted by atomic mass is 16.8. The van der Waals surface area contributed by atoms with Gasteiger partial charge < -0.3 is 62.7 Å². The molecule has 4 saturated carbocycles. The zero-order chi connectivity index (χ0) is 36.8. The minimum atomic E-state index is -1.30. The average Bonchev–Trinajstić information content (AvgIpc) is 3.53. The van der Waals surface area contributed by atoms with Gasteiger partial charge in [-0.15, -0.1) is 6.42 Å². The summed E-state index contributed by atoms with van der Waals surface area (Å²) in [5, 5.41) is 37.0. The summed E-state index contributed by atoms with van der Waals surface area (Å²) in [4.78, 5) is 0. The number of hydrogen-bond acceptors (Lipinski definition) is 13. The molecule has 290 valence electrons. The third-order valence-corrected chi connectivity index (χ3v) is 14.0. The predicted octanol–water partition coefficient (Wildman–Crippen LogP) is 2.85. The minimum absolute atomic E-state index is 0.0378. The number of terminal acetylenes is 1. The first kappa shape index (κ1) is 38.3. The largest absolute Gasteiger partial charge is 0.389 e. The van der Waals surface area contributed by atoms with E-state index in [-0.39, 0.29) is 44.1 Å². The minimum Gasteiger partial charge on any atom is -0.389 e. The van der Waals surface area contributed by atoms with Gasteiger partial charge in [0.25, 0.3) is 0 Å². The Balaban J connectivity index is 1.22. The molecule has 3 N–H and O–H groups in total. The van der Waals surface area contributed by atoms with Gasteiger partial charge in [0.2, 0.25) is 0 Å². The molecule has 7 rings (SSSR count). The summed E-state index contributed by atoms with van der Waals surface area (Å²) >= 11 is 0. The number of aliphatic hydroxyl groups is 3. The lowest BCUT2D eigenvalue weighted by molar-refractivity contribution is -0.410. The molecular formula is C38H60O13. The van der Waals surface area contributed by atoms with Crippen molar-refractivity contribution in [3.8, 4) is 12.3 Å². The maximum atomic E-state index is 13.2. The topological polar surface area (TPSA) is 153 Å². The van der Waals surface area contributed by atoms with Crippen LogP contribution in [0.3, 0.4) is 0 Å². The Morgan fingerprint density at radius 2 is 1.61 bits per heavy atom. The molecule has 7 fully saturated rings. The van der Waals surface area contributed by atoms with Crippen LogP contribution in [0.25, 0.3) is 0 Å². The van der Waals surface area contributed by atoms with E-state index in [1.165, 1.54) is 0 Å². The molecule has 3 heterocycles. The molecule has 0 bridgehead atoms. The molecule has 0 radical (unpaired) electrons. The first-order chi connectivity index (χ1) is 24.0. The van der Waals surface area contributed by atoms with Crippen molar-refractivity contribution in [2.45, 2.75) is 164 Å². The maximum Gasteiger partial charge on any atom is 0.187 e. The van der Waals surface area contributed by atoms with Gasteiger partial charge in [-0.2, -0.15) is 0 Å². The SMILES string of the molecule is C#CC(O)[C@H]1CC[C@]2(O)C3CC[C@]4(O)C[C@@H](O[C@@H]5O[C@@H](C)[C@H](OCOC)[C@H]6OC(C)(C)O[C@@H]56)C[C@H]5OC(C)(C)OC[C@]54C3[C@@H](OCOC)C[C@]12C. The Labute approximate surface area is 302 Å². The molecule has 13 heteroatoms. The predicted molar refractivity (Wildman–Crippen MR) is 180 cm³/mol. The van der Waals surface area contributed by atoms with Gasteiger partial charge in [-0.25, -0.2) is 0 Å². The van der Waals surface area contributed by atoms with Crippen LogP contribution in [0.5, 0.6) is 0 Å². The Kier molecular flexibility index (Phi) is 10.0. The van der Waals surface area contributed by atoms with Crippen molar-refractivity contribution in [2.75, 3.05) is 34.4 Å². The van der Waals surface area contributed by atoms with Crippen LogP contribution in [-0.4, -0.2) is 128 Å². The quantitative estimate of drug-likeness (QED) is 0.182. The first-order valence-corrected chi connectivity index (χ1v) is 18.8. The van der Waals surface area contributed by atoms with E-state index in [0.717, 1.165) is 0 Å². The zero-order valence-electron chi connectivity index (χ0n) is 31.5. The fraction of sp³-hybridized carbons (Fsp3) is 0.947. The molecule has 0 amide bonds. The highest BCUT2D eigenvalue weighted by Crippen LogP contribution is 2.72. The van der Waals surface area contributed by atoms with Crippen LogP contribution in [0.15, 0.2) is 0 Å². The van der Waals surface area contributed by atoms with Gasteiger partial charge in [0.1, 0.15) is 38.0 Å². The lowest BCUT2D eigenvalue weighted by Gasteiger charge is -2.71. The highest BCUT2D eigenvalue weighted by Gasteiger charge is 2.77. The van der Waals surface area contributed by atoms with E-state index < -0.39 is 82.6 Å². The number of ether oxygens (including phenoxy) is 10. The monoisotopic (exact) mass is 724 g/mol. The zero-order valence-corrected chi connectivity index (χ0v) is 31.5. The normalized spacial score (nSPS) is 51.7. The Bertz CT molecular complexity index is 1320. The van der Waals surface area contributed by atoms with Crippen molar-refractivity contribution in [2.24, 2.45) is 28.6 Å². The average molecular weight is 725 g/mol. The summed E-state index contributed by atoms with van der Waals surface area (Å²) in [6.45, 7) is 11.8. The fourth-order valence-corrected chi connectivity index (χ4v) is 11.9. The molecular weight excluding hydrogens is 664 g/mol. The molecule has 4 aliphatic carbocycles. The maximum absolute atomic E-state index is 13.2. The summed E-state index contributed by atoms with van der Waals surface area (Å²) in [6, 6.07) is 0. The second-order valence-electron chi connectivity index (χ2n) is 17.5. The van der Waals surface area contributed by atoms with Gasteiger partial charge in [0.05, 0.1) is 47.6 Å². The lowest BCUT2D eigenvalue weighted by atomic mass is 9.40. The van der Waals surface area contributed by atoms with Crippen LogP contribution in [0.4, 0.5) is 0 Å². The van der Waals surface area contributed by atoms with Crippen LogP contribution in [0.1, 0.15) is 86.5 Å². The summed E-state index contributed by atoms with van der Waals surface area (Å²) in [5.41, 5.74) is -4.11. The van der Waals surface area contributed by atoms with Crippen molar-refractivity contribution >= 4 is 0 Å². The van der Waals surface area contributed by atoms with Crippen LogP contribution in [0, 0.1) is 40.9 Å². The second-order valence-corrected chi connectivity index (χ2v) is 17.5. The highest BCUT2D eigenvalue weighted by molar-refractivity contribution is 5.26. The van der Waals surface area contributed by atoms with Gasteiger partial charge >= 0.3 is 0 Å².